The van der Waals surface area contributed by atoms with Crippen molar-refractivity contribution in [3.05, 3.63) is 42.0 Å². The first-order chi connectivity index (χ1) is 14.8. The lowest BCUT2D eigenvalue weighted by Gasteiger charge is -2.31. The number of likely N-dealkylation sites (tertiary alicyclic amines) is 1. The van der Waals surface area contributed by atoms with E-state index in [9.17, 15) is 13.2 Å². The number of esters is 1. The maximum Gasteiger partial charge on any atom is 0.309 e. The molecule has 2 heterocycles. The Hall–Kier alpha value is -2.58. The molecule has 0 atom stereocenters. The molecular formula is C23H27NO6S. The first kappa shape index (κ1) is 21.6. The molecule has 4 rings (SSSR count). The highest BCUT2D eigenvalue weighted by Crippen LogP contribution is 2.39. The molecule has 0 radical (unpaired) electrons. The lowest BCUT2D eigenvalue weighted by molar-refractivity contribution is -0.149. The van der Waals surface area contributed by atoms with E-state index in [1.807, 2.05) is 31.2 Å². The van der Waals surface area contributed by atoms with Crippen LogP contribution in [0.3, 0.4) is 0 Å². The number of carbonyl (C=O) groups excluding carboxylic acids is 1. The third kappa shape index (κ3) is 4.85. The summed E-state index contributed by atoms with van der Waals surface area (Å²) in [5, 5.41) is 0. The second-order valence-corrected chi connectivity index (χ2v) is 9.98. The van der Waals surface area contributed by atoms with Gasteiger partial charge in [-0.15, -0.1) is 0 Å². The van der Waals surface area contributed by atoms with E-state index in [4.69, 9.17) is 14.2 Å². The van der Waals surface area contributed by atoms with Gasteiger partial charge in [0.1, 0.15) is 0 Å². The molecule has 0 N–H and O–H groups in total. The number of ether oxygens (including phenoxy) is 3. The van der Waals surface area contributed by atoms with Gasteiger partial charge >= 0.3 is 5.97 Å². The number of hydrogen-bond donors (Lipinski definition) is 0. The highest BCUT2D eigenvalue weighted by molar-refractivity contribution is 7.90. The number of carbonyl (C=O) groups is 1. The lowest BCUT2D eigenvalue weighted by Crippen LogP contribution is -2.36. The molecule has 0 spiro atoms. The van der Waals surface area contributed by atoms with E-state index in [0.717, 1.165) is 42.6 Å². The van der Waals surface area contributed by atoms with Gasteiger partial charge in [-0.25, -0.2) is 8.42 Å². The molecule has 2 aliphatic rings. The summed E-state index contributed by atoms with van der Waals surface area (Å²) in [4.78, 5) is 14.6. The number of rotatable bonds is 6. The minimum Gasteiger partial charge on any atom is -0.466 e. The molecule has 0 saturated carbocycles. The minimum atomic E-state index is -3.25. The Kier molecular flexibility index (Phi) is 6.20. The van der Waals surface area contributed by atoms with Crippen LogP contribution in [0.5, 0.6) is 11.5 Å². The van der Waals surface area contributed by atoms with Crippen molar-refractivity contribution in [2.24, 2.45) is 5.92 Å². The van der Waals surface area contributed by atoms with E-state index >= 15 is 0 Å². The van der Waals surface area contributed by atoms with Gasteiger partial charge in [0.15, 0.2) is 21.3 Å². The number of benzene rings is 2. The van der Waals surface area contributed by atoms with E-state index in [2.05, 4.69) is 4.90 Å². The first-order valence-electron chi connectivity index (χ1n) is 10.5. The number of sulfone groups is 1. The zero-order valence-corrected chi connectivity index (χ0v) is 18.6. The van der Waals surface area contributed by atoms with E-state index in [1.165, 1.54) is 6.26 Å². The summed E-state index contributed by atoms with van der Waals surface area (Å²) >= 11 is 0. The maximum absolute atomic E-state index is 12.0. The van der Waals surface area contributed by atoms with Gasteiger partial charge in [0, 0.05) is 12.8 Å². The second-order valence-electron chi connectivity index (χ2n) is 7.96. The fourth-order valence-electron chi connectivity index (χ4n) is 4.09. The predicted octanol–water partition coefficient (Wildman–Crippen LogP) is 3.26. The van der Waals surface area contributed by atoms with Crippen LogP contribution in [-0.4, -0.2) is 52.0 Å². The van der Waals surface area contributed by atoms with Crippen LogP contribution >= 0.6 is 0 Å². The molecule has 1 fully saturated rings. The number of hydrogen-bond acceptors (Lipinski definition) is 7. The molecule has 2 aromatic rings. The van der Waals surface area contributed by atoms with Crippen molar-refractivity contribution >= 4 is 15.8 Å². The number of nitrogens with zero attached hydrogens (tertiary/aromatic N) is 1. The highest BCUT2D eigenvalue weighted by atomic mass is 32.2. The third-order valence-corrected chi connectivity index (χ3v) is 6.92. The summed E-state index contributed by atoms with van der Waals surface area (Å²) < 4.78 is 39.9. The van der Waals surface area contributed by atoms with Crippen LogP contribution < -0.4 is 9.47 Å². The average molecular weight is 446 g/mol. The van der Waals surface area contributed by atoms with Gasteiger partial charge in [-0.2, -0.15) is 0 Å². The Labute approximate surface area is 182 Å². The van der Waals surface area contributed by atoms with Gasteiger partial charge in [-0.1, -0.05) is 12.1 Å². The zero-order valence-electron chi connectivity index (χ0n) is 17.8. The van der Waals surface area contributed by atoms with Gasteiger partial charge in [-0.3, -0.25) is 9.69 Å². The SMILES string of the molecule is CCOC(=O)C1CCN(Cc2cc3c(cc2-c2ccc(S(C)(=O)=O)cc2)OCO3)CC1. The van der Waals surface area contributed by atoms with Crippen molar-refractivity contribution in [1.29, 1.82) is 0 Å². The van der Waals surface area contributed by atoms with Crippen molar-refractivity contribution in [2.45, 2.75) is 31.2 Å². The van der Waals surface area contributed by atoms with Gasteiger partial charge in [0.25, 0.3) is 0 Å². The van der Waals surface area contributed by atoms with Crippen molar-refractivity contribution in [2.75, 3.05) is 32.7 Å². The summed E-state index contributed by atoms with van der Waals surface area (Å²) in [5.74, 6) is 1.27. The van der Waals surface area contributed by atoms with Crippen molar-refractivity contribution in [3.63, 3.8) is 0 Å². The van der Waals surface area contributed by atoms with E-state index in [1.54, 1.807) is 12.1 Å². The first-order valence-corrected chi connectivity index (χ1v) is 12.4. The predicted molar refractivity (Wildman–Crippen MR) is 116 cm³/mol. The van der Waals surface area contributed by atoms with Crippen molar-refractivity contribution in [3.8, 4) is 22.6 Å². The maximum atomic E-state index is 12.0. The monoisotopic (exact) mass is 445 g/mol. The Bertz CT molecular complexity index is 1060. The third-order valence-electron chi connectivity index (χ3n) is 5.79. The number of piperidine rings is 1. The largest absolute Gasteiger partial charge is 0.466 e. The van der Waals surface area contributed by atoms with Gasteiger partial charge in [0.2, 0.25) is 6.79 Å². The molecule has 0 aliphatic carbocycles. The topological polar surface area (TPSA) is 82.1 Å². The molecule has 2 aromatic carbocycles. The van der Waals surface area contributed by atoms with Crippen molar-refractivity contribution in [1.82, 2.24) is 4.90 Å². The smallest absolute Gasteiger partial charge is 0.309 e. The standard InChI is InChI=1S/C23H27NO6S/c1-3-28-23(25)17-8-10-24(11-9-17)14-18-12-21-22(30-15-29-21)13-20(18)16-4-6-19(7-5-16)31(2,26)27/h4-7,12-13,17H,3,8-11,14-15H2,1-2H3. The van der Waals surface area contributed by atoms with Crippen LogP contribution in [0.15, 0.2) is 41.3 Å². The zero-order chi connectivity index (χ0) is 22.0. The van der Waals surface area contributed by atoms with Crippen LogP contribution in [0, 0.1) is 5.92 Å². The molecule has 2 aliphatic heterocycles. The number of fused-ring (bicyclic) bond motifs is 1. The summed E-state index contributed by atoms with van der Waals surface area (Å²) in [6.45, 7) is 4.76. The second kappa shape index (κ2) is 8.88. The molecule has 1 saturated heterocycles. The highest BCUT2D eigenvalue weighted by Gasteiger charge is 2.27. The van der Waals surface area contributed by atoms with Crippen LogP contribution in [0.1, 0.15) is 25.3 Å². The fraction of sp³-hybridized carbons (Fsp3) is 0.435. The molecule has 0 amide bonds. The molecular weight excluding hydrogens is 418 g/mol. The molecule has 0 aromatic heterocycles. The summed E-state index contributed by atoms with van der Waals surface area (Å²) in [6.07, 6.45) is 2.76. The normalized spacial score (nSPS) is 17.0. The van der Waals surface area contributed by atoms with E-state index in [-0.39, 0.29) is 18.7 Å². The Morgan fingerprint density at radius 3 is 2.35 bits per heavy atom. The van der Waals surface area contributed by atoms with Crippen LogP contribution in [0.2, 0.25) is 0 Å². The van der Waals surface area contributed by atoms with Gasteiger partial charge in [-0.05, 0) is 73.8 Å². The molecule has 8 heteroatoms. The van der Waals surface area contributed by atoms with Crippen LogP contribution in [-0.2, 0) is 25.9 Å². The lowest BCUT2D eigenvalue weighted by atomic mass is 9.95. The molecule has 0 unspecified atom stereocenters. The van der Waals surface area contributed by atoms with E-state index < -0.39 is 9.84 Å². The van der Waals surface area contributed by atoms with Crippen LogP contribution in [0.25, 0.3) is 11.1 Å². The quantitative estimate of drug-likeness (QED) is 0.631. The van der Waals surface area contributed by atoms with Gasteiger partial charge < -0.3 is 14.2 Å². The summed E-state index contributed by atoms with van der Waals surface area (Å²) in [7, 11) is -3.25. The molecule has 0 bridgehead atoms. The Morgan fingerprint density at radius 2 is 1.74 bits per heavy atom. The van der Waals surface area contributed by atoms with Crippen molar-refractivity contribution < 1.29 is 27.4 Å². The summed E-state index contributed by atoms with van der Waals surface area (Å²) in [5.41, 5.74) is 2.98. The molecule has 166 valence electrons. The average Bonchev–Trinajstić information content (AvgIpc) is 3.21. The molecule has 7 nitrogen and oxygen atoms in total. The van der Waals surface area contributed by atoms with Gasteiger partial charge in [0.05, 0.1) is 17.4 Å². The Morgan fingerprint density at radius 1 is 1.10 bits per heavy atom. The fourth-order valence-corrected chi connectivity index (χ4v) is 4.72. The minimum absolute atomic E-state index is 0.0315. The Balaban J connectivity index is 1.56. The van der Waals surface area contributed by atoms with Crippen LogP contribution in [0.4, 0.5) is 0 Å². The summed E-state index contributed by atoms with van der Waals surface area (Å²) in [6, 6.07) is 10.9. The van der Waals surface area contributed by atoms with E-state index in [0.29, 0.717) is 29.5 Å². The molecule has 31 heavy (non-hydrogen) atoms.